The lowest BCUT2D eigenvalue weighted by Gasteiger charge is -2.19. The van der Waals surface area contributed by atoms with Crippen molar-refractivity contribution in [1.82, 2.24) is 14.5 Å². The second-order valence-corrected chi connectivity index (χ2v) is 9.61. The van der Waals surface area contributed by atoms with E-state index in [4.69, 9.17) is 14.0 Å². The minimum absolute atomic E-state index is 0.0740. The third kappa shape index (κ3) is 6.54. The number of nitrogens with one attached hydrogen (secondary N) is 1. The number of likely N-dealkylation sites (tertiary alicyclic amines) is 1. The van der Waals surface area contributed by atoms with Crippen molar-refractivity contribution in [2.45, 2.75) is 43.2 Å². The number of aromatic nitrogens is 2. The van der Waals surface area contributed by atoms with E-state index in [2.05, 4.69) is 4.98 Å². The lowest BCUT2D eigenvalue weighted by Crippen LogP contribution is -2.38. The van der Waals surface area contributed by atoms with Crippen LogP contribution < -0.4 is 11.2 Å². The fourth-order valence-corrected chi connectivity index (χ4v) is 4.34. The van der Waals surface area contributed by atoms with Gasteiger partial charge in [0.2, 0.25) is 0 Å². The number of aliphatic hydroxyl groups excluding tert-OH is 4. The maximum absolute atomic E-state index is 12.1. The molecule has 1 aromatic rings. The smallest absolute Gasteiger partial charge is 0.353 e. The number of aliphatic hydroxyl groups is 4. The molecule has 0 spiro atoms. The SMILES string of the molecule is O=c1ccn(C[C@@H]2O[C@H](COP(=O)(O)COCCN3C[C@@H](O)[C@H](O)C3)[C@@H](O)[C@H]2O)c(=O)[nH]1. The highest BCUT2D eigenvalue weighted by atomic mass is 31.2. The summed E-state index contributed by atoms with van der Waals surface area (Å²) >= 11 is 0. The molecule has 1 aromatic heterocycles. The Morgan fingerprint density at radius 2 is 1.78 bits per heavy atom. The molecule has 2 saturated heterocycles. The number of ether oxygens (including phenoxy) is 2. The van der Waals surface area contributed by atoms with E-state index in [1.54, 1.807) is 4.90 Å². The van der Waals surface area contributed by atoms with Crippen LogP contribution in [0.25, 0.3) is 0 Å². The first-order valence-corrected chi connectivity index (χ1v) is 11.8. The molecule has 2 fully saturated rings. The summed E-state index contributed by atoms with van der Waals surface area (Å²) in [7, 11) is -4.18. The summed E-state index contributed by atoms with van der Waals surface area (Å²) in [6.45, 7) is 0.314. The molecular weight excluding hydrogens is 453 g/mol. The van der Waals surface area contributed by atoms with Crippen LogP contribution in [0.2, 0.25) is 0 Å². The van der Waals surface area contributed by atoms with Crippen LogP contribution in [0.1, 0.15) is 0 Å². The number of β-amino-alcohol motifs (C(OH)–C–C–N with tert-alkyl or cyclic N) is 2. The van der Waals surface area contributed by atoms with Gasteiger partial charge in [-0.3, -0.25) is 23.8 Å². The van der Waals surface area contributed by atoms with Crippen LogP contribution in [0, 0.1) is 0 Å². The zero-order valence-corrected chi connectivity index (χ0v) is 18.0. The van der Waals surface area contributed by atoms with E-state index < -0.39 is 68.4 Å². The highest BCUT2D eigenvalue weighted by Crippen LogP contribution is 2.42. The molecule has 1 unspecified atom stereocenters. The summed E-state index contributed by atoms with van der Waals surface area (Å²) in [5, 5.41) is 39.3. The van der Waals surface area contributed by atoms with Gasteiger partial charge in [0.15, 0.2) is 0 Å². The van der Waals surface area contributed by atoms with Gasteiger partial charge in [0, 0.05) is 31.9 Å². The van der Waals surface area contributed by atoms with Crippen LogP contribution in [-0.4, -0.2) is 116 Å². The maximum Gasteiger partial charge on any atom is 0.353 e. The van der Waals surface area contributed by atoms with E-state index in [1.165, 1.54) is 6.20 Å². The van der Waals surface area contributed by atoms with Crippen LogP contribution in [0.15, 0.2) is 21.9 Å². The van der Waals surface area contributed by atoms with Gasteiger partial charge in [0.05, 0.1) is 32.0 Å². The van der Waals surface area contributed by atoms with Gasteiger partial charge in [-0.2, -0.15) is 0 Å². The molecule has 182 valence electrons. The van der Waals surface area contributed by atoms with E-state index in [-0.39, 0.29) is 26.2 Å². The number of hydrogen-bond donors (Lipinski definition) is 6. The zero-order chi connectivity index (χ0) is 23.5. The zero-order valence-electron chi connectivity index (χ0n) is 17.1. The molecule has 0 bridgehead atoms. The number of aromatic amines is 1. The summed E-state index contributed by atoms with van der Waals surface area (Å²) in [5.74, 6) is 0. The standard InChI is InChI=1S/C17H28N3O11P/c21-10-5-19(6-11(10)22)3-4-29-9-32(27,28)30-8-13-16(25)15(24)12(31-13)7-20-2-1-14(23)18-17(20)26/h1-2,10-13,15-16,21-22,24-25H,3-9H2,(H,27,28)(H,18,23,26)/t10-,11-,12+,13-,15+,16-/m1/s1. The van der Waals surface area contributed by atoms with E-state index >= 15 is 0 Å². The van der Waals surface area contributed by atoms with Gasteiger partial charge in [0.1, 0.15) is 30.8 Å². The molecule has 7 atom stereocenters. The normalized spacial score (nSPS) is 32.9. The summed E-state index contributed by atoms with van der Waals surface area (Å²) in [4.78, 5) is 36.6. The Bertz CT molecular complexity index is 913. The summed E-state index contributed by atoms with van der Waals surface area (Å²) in [6.07, 6.45) is -6.01. The molecular formula is C17H28N3O11P. The molecule has 2 aliphatic heterocycles. The number of H-pyrrole nitrogens is 1. The Kier molecular flexibility index (Phi) is 8.38. The molecule has 32 heavy (non-hydrogen) atoms. The van der Waals surface area contributed by atoms with Crippen molar-refractivity contribution in [3.63, 3.8) is 0 Å². The Balaban J connectivity index is 1.42. The lowest BCUT2D eigenvalue weighted by molar-refractivity contribution is -0.0245. The quantitative estimate of drug-likeness (QED) is 0.141. The van der Waals surface area contributed by atoms with Crippen molar-refractivity contribution in [1.29, 1.82) is 0 Å². The Hall–Kier alpha value is -1.45. The van der Waals surface area contributed by atoms with Gasteiger partial charge >= 0.3 is 13.3 Å². The predicted molar refractivity (Wildman–Crippen MR) is 107 cm³/mol. The Morgan fingerprint density at radius 3 is 2.44 bits per heavy atom. The average molecular weight is 481 g/mol. The number of rotatable bonds is 10. The monoisotopic (exact) mass is 481 g/mol. The molecule has 15 heteroatoms. The van der Waals surface area contributed by atoms with E-state index in [0.29, 0.717) is 6.54 Å². The largest absolute Gasteiger partial charge is 0.389 e. The van der Waals surface area contributed by atoms with Gasteiger partial charge in [0.25, 0.3) is 5.56 Å². The van der Waals surface area contributed by atoms with Gasteiger partial charge in [-0.15, -0.1) is 0 Å². The minimum Gasteiger partial charge on any atom is -0.389 e. The fraction of sp³-hybridized carbons (Fsp3) is 0.765. The van der Waals surface area contributed by atoms with E-state index in [0.717, 1.165) is 10.6 Å². The molecule has 2 aliphatic rings. The number of nitrogens with zero attached hydrogens (tertiary/aromatic N) is 2. The van der Waals surface area contributed by atoms with Crippen LogP contribution in [0.5, 0.6) is 0 Å². The molecule has 0 amide bonds. The van der Waals surface area contributed by atoms with Crippen LogP contribution in [0.3, 0.4) is 0 Å². The first-order valence-electron chi connectivity index (χ1n) is 9.99. The fourth-order valence-electron chi connectivity index (χ4n) is 3.53. The average Bonchev–Trinajstić information content (AvgIpc) is 3.18. The molecule has 3 rings (SSSR count). The van der Waals surface area contributed by atoms with Crippen molar-refractivity contribution in [2.24, 2.45) is 0 Å². The molecule has 0 saturated carbocycles. The van der Waals surface area contributed by atoms with Crippen LogP contribution >= 0.6 is 7.60 Å². The Labute approximate surface area is 182 Å². The van der Waals surface area contributed by atoms with Crippen molar-refractivity contribution in [3.8, 4) is 0 Å². The third-order valence-corrected chi connectivity index (χ3v) is 6.38. The minimum atomic E-state index is -4.18. The van der Waals surface area contributed by atoms with Gasteiger partial charge in [-0.05, 0) is 0 Å². The maximum atomic E-state index is 12.1. The van der Waals surface area contributed by atoms with Gasteiger partial charge in [-0.25, -0.2) is 4.79 Å². The summed E-state index contributed by atoms with van der Waals surface area (Å²) in [6, 6.07) is 1.12. The van der Waals surface area contributed by atoms with Gasteiger partial charge in [-0.1, -0.05) is 0 Å². The molecule has 3 heterocycles. The Morgan fingerprint density at radius 1 is 1.12 bits per heavy atom. The highest BCUT2D eigenvalue weighted by Gasteiger charge is 2.43. The van der Waals surface area contributed by atoms with Crippen molar-refractivity contribution >= 4 is 7.60 Å². The molecule has 0 aliphatic carbocycles. The van der Waals surface area contributed by atoms with E-state index in [1.807, 2.05) is 0 Å². The van der Waals surface area contributed by atoms with Crippen molar-refractivity contribution < 1.29 is 43.9 Å². The van der Waals surface area contributed by atoms with Crippen molar-refractivity contribution in [3.05, 3.63) is 33.1 Å². The van der Waals surface area contributed by atoms with Crippen molar-refractivity contribution in [2.75, 3.05) is 39.2 Å². The third-order valence-electron chi connectivity index (χ3n) is 5.32. The molecule has 0 aromatic carbocycles. The topological polar surface area (TPSA) is 204 Å². The summed E-state index contributed by atoms with van der Waals surface area (Å²) in [5.41, 5.74) is -1.29. The van der Waals surface area contributed by atoms with Gasteiger partial charge < -0.3 is 39.3 Å². The highest BCUT2D eigenvalue weighted by molar-refractivity contribution is 7.52. The molecule has 0 radical (unpaired) electrons. The first-order chi connectivity index (χ1) is 15.1. The second-order valence-electron chi connectivity index (χ2n) is 7.82. The summed E-state index contributed by atoms with van der Waals surface area (Å²) < 4.78 is 28.8. The van der Waals surface area contributed by atoms with Crippen LogP contribution in [-0.2, 0) is 25.1 Å². The second kappa shape index (κ2) is 10.7. The number of hydrogen-bond acceptors (Lipinski definition) is 11. The van der Waals surface area contributed by atoms with E-state index in [9.17, 15) is 39.5 Å². The predicted octanol–water partition coefficient (Wildman–Crippen LogP) is -3.76. The lowest BCUT2D eigenvalue weighted by atomic mass is 10.1. The molecule has 14 nitrogen and oxygen atoms in total. The molecule has 6 N–H and O–H groups in total. The van der Waals surface area contributed by atoms with Crippen LogP contribution in [0.4, 0.5) is 0 Å². The first kappa shape index (κ1) is 25.2.